The predicted molar refractivity (Wildman–Crippen MR) is 71.9 cm³/mol. The Morgan fingerprint density at radius 3 is 2.24 bits per heavy atom. The summed E-state index contributed by atoms with van der Waals surface area (Å²) in [6.45, 7) is 7.20. The maximum atomic E-state index is 10.6. The van der Waals surface area contributed by atoms with Crippen LogP contribution in [0.15, 0.2) is 0 Å². The van der Waals surface area contributed by atoms with Crippen molar-refractivity contribution < 1.29 is 9.90 Å². The molecule has 2 atom stereocenters. The molecule has 0 rings (SSSR count). The molecule has 3 nitrogen and oxygen atoms in total. The van der Waals surface area contributed by atoms with Crippen LogP contribution in [0.2, 0.25) is 0 Å². The first-order chi connectivity index (χ1) is 7.95. The summed E-state index contributed by atoms with van der Waals surface area (Å²) in [5, 5.41) is 8.75. The molecule has 0 radical (unpaired) electrons. The Bertz CT molecular complexity index is 204. The zero-order valence-corrected chi connectivity index (χ0v) is 11.6. The Kier molecular flexibility index (Phi) is 9.14. The predicted octanol–water partition coefficient (Wildman–Crippen LogP) is 3.28. The van der Waals surface area contributed by atoms with E-state index in [0.717, 1.165) is 12.3 Å². The molecule has 0 spiro atoms. The highest BCUT2D eigenvalue weighted by Gasteiger charge is 2.15. The van der Waals surface area contributed by atoms with Crippen LogP contribution in [-0.2, 0) is 4.79 Å². The van der Waals surface area contributed by atoms with Crippen molar-refractivity contribution in [2.24, 2.45) is 23.5 Å². The third-order valence-corrected chi connectivity index (χ3v) is 3.26. The quantitative estimate of drug-likeness (QED) is 0.579. The van der Waals surface area contributed by atoms with Gasteiger partial charge in [0.1, 0.15) is 0 Å². The lowest BCUT2D eigenvalue weighted by Gasteiger charge is -2.18. The summed E-state index contributed by atoms with van der Waals surface area (Å²) in [5.41, 5.74) is 5.60. The van der Waals surface area contributed by atoms with Crippen LogP contribution in [0, 0.1) is 17.8 Å². The first-order valence-electron chi connectivity index (χ1n) is 6.87. The molecule has 0 fully saturated rings. The fraction of sp³-hybridized carbons (Fsp3) is 0.929. The number of carbonyl (C=O) groups is 1. The molecule has 0 amide bonds. The molecule has 3 N–H and O–H groups in total. The van der Waals surface area contributed by atoms with Crippen LogP contribution in [0.4, 0.5) is 0 Å². The van der Waals surface area contributed by atoms with Gasteiger partial charge in [-0.3, -0.25) is 4.79 Å². The van der Waals surface area contributed by atoms with Crippen LogP contribution in [0.3, 0.4) is 0 Å². The van der Waals surface area contributed by atoms with Gasteiger partial charge in [-0.2, -0.15) is 0 Å². The summed E-state index contributed by atoms with van der Waals surface area (Å²) in [6.07, 6.45) is 6.19. The molecule has 3 heteroatoms. The van der Waals surface area contributed by atoms with Crippen molar-refractivity contribution in [2.45, 2.75) is 59.3 Å². The zero-order valence-electron chi connectivity index (χ0n) is 11.6. The van der Waals surface area contributed by atoms with Crippen molar-refractivity contribution in [3.8, 4) is 0 Å². The van der Waals surface area contributed by atoms with E-state index in [2.05, 4.69) is 20.8 Å². The van der Waals surface area contributed by atoms with Crippen LogP contribution in [0.1, 0.15) is 59.3 Å². The maximum absolute atomic E-state index is 10.6. The van der Waals surface area contributed by atoms with Gasteiger partial charge < -0.3 is 10.8 Å². The van der Waals surface area contributed by atoms with E-state index in [1.807, 2.05) is 0 Å². The van der Waals surface area contributed by atoms with E-state index in [1.165, 1.54) is 25.7 Å². The first kappa shape index (κ1) is 16.4. The van der Waals surface area contributed by atoms with Gasteiger partial charge in [0, 0.05) is 6.42 Å². The van der Waals surface area contributed by atoms with Crippen molar-refractivity contribution in [1.82, 2.24) is 0 Å². The summed E-state index contributed by atoms with van der Waals surface area (Å²) >= 11 is 0. The molecule has 102 valence electrons. The molecule has 0 aliphatic carbocycles. The fourth-order valence-electron chi connectivity index (χ4n) is 2.24. The number of carboxylic acids is 1. The smallest absolute Gasteiger partial charge is 0.303 e. The number of aliphatic carboxylic acids is 1. The van der Waals surface area contributed by atoms with E-state index >= 15 is 0 Å². The Hall–Kier alpha value is -0.570. The van der Waals surface area contributed by atoms with Crippen molar-refractivity contribution in [3.05, 3.63) is 0 Å². The van der Waals surface area contributed by atoms with Crippen LogP contribution in [-0.4, -0.2) is 17.6 Å². The molecular formula is C14H29NO2. The molecular weight excluding hydrogens is 214 g/mol. The topological polar surface area (TPSA) is 63.3 Å². The zero-order chi connectivity index (χ0) is 13.3. The molecule has 1 unspecified atom stereocenters. The average Bonchev–Trinajstić information content (AvgIpc) is 2.22. The van der Waals surface area contributed by atoms with Crippen LogP contribution in [0.5, 0.6) is 0 Å². The lowest BCUT2D eigenvalue weighted by atomic mass is 9.89. The molecule has 0 bridgehead atoms. The molecule has 0 aliphatic heterocycles. The average molecular weight is 243 g/mol. The van der Waals surface area contributed by atoms with Crippen molar-refractivity contribution in [2.75, 3.05) is 6.54 Å². The molecule has 17 heavy (non-hydrogen) atoms. The minimum Gasteiger partial charge on any atom is -0.481 e. The lowest BCUT2D eigenvalue weighted by molar-refractivity contribution is -0.138. The molecule has 0 saturated carbocycles. The first-order valence-corrected chi connectivity index (χ1v) is 6.87. The number of hydrogen-bond donors (Lipinski definition) is 2. The molecule has 0 aromatic heterocycles. The van der Waals surface area contributed by atoms with Gasteiger partial charge in [0.2, 0.25) is 0 Å². The monoisotopic (exact) mass is 243 g/mol. The van der Waals surface area contributed by atoms with Gasteiger partial charge in [0.05, 0.1) is 0 Å². The Morgan fingerprint density at radius 2 is 1.76 bits per heavy atom. The number of unbranched alkanes of at least 4 members (excludes halogenated alkanes) is 1. The van der Waals surface area contributed by atoms with E-state index in [-0.39, 0.29) is 12.3 Å². The minimum absolute atomic E-state index is 0.146. The summed E-state index contributed by atoms with van der Waals surface area (Å²) < 4.78 is 0. The molecule has 0 saturated heterocycles. The van der Waals surface area contributed by atoms with Gasteiger partial charge in [-0.15, -0.1) is 0 Å². The van der Waals surface area contributed by atoms with Gasteiger partial charge in [-0.1, -0.05) is 46.5 Å². The fourth-order valence-corrected chi connectivity index (χ4v) is 2.24. The van der Waals surface area contributed by atoms with Gasteiger partial charge >= 0.3 is 5.97 Å². The molecule has 0 aromatic rings. The highest BCUT2D eigenvalue weighted by Crippen LogP contribution is 2.20. The van der Waals surface area contributed by atoms with Crippen molar-refractivity contribution in [1.29, 1.82) is 0 Å². The maximum Gasteiger partial charge on any atom is 0.303 e. The van der Waals surface area contributed by atoms with Gasteiger partial charge in [0.25, 0.3) is 0 Å². The van der Waals surface area contributed by atoms with Crippen LogP contribution in [0.25, 0.3) is 0 Å². The highest BCUT2D eigenvalue weighted by atomic mass is 16.4. The van der Waals surface area contributed by atoms with Crippen LogP contribution >= 0.6 is 0 Å². The second kappa shape index (κ2) is 9.46. The highest BCUT2D eigenvalue weighted by molar-refractivity contribution is 5.67. The molecule has 0 aliphatic rings. The second-order valence-electron chi connectivity index (χ2n) is 5.72. The van der Waals surface area contributed by atoms with E-state index in [0.29, 0.717) is 12.5 Å². The van der Waals surface area contributed by atoms with E-state index in [1.54, 1.807) is 0 Å². The Labute approximate surface area is 106 Å². The summed E-state index contributed by atoms with van der Waals surface area (Å²) in [6, 6.07) is 0. The van der Waals surface area contributed by atoms with Crippen LogP contribution < -0.4 is 5.73 Å². The normalized spacial score (nSPS) is 14.9. The Balaban J connectivity index is 3.67. The SMILES string of the molecule is CC(C)CCCCC(C)C[C@H](CN)CC(=O)O. The third-order valence-electron chi connectivity index (χ3n) is 3.26. The van der Waals surface area contributed by atoms with Crippen molar-refractivity contribution in [3.63, 3.8) is 0 Å². The summed E-state index contributed by atoms with van der Waals surface area (Å²) in [7, 11) is 0. The van der Waals surface area contributed by atoms with Gasteiger partial charge in [-0.25, -0.2) is 0 Å². The minimum atomic E-state index is -0.729. The van der Waals surface area contributed by atoms with Gasteiger partial charge in [0.15, 0.2) is 0 Å². The van der Waals surface area contributed by atoms with Crippen molar-refractivity contribution >= 4 is 5.97 Å². The van der Waals surface area contributed by atoms with E-state index < -0.39 is 5.97 Å². The third kappa shape index (κ3) is 10.3. The largest absolute Gasteiger partial charge is 0.481 e. The second-order valence-corrected chi connectivity index (χ2v) is 5.72. The number of nitrogens with two attached hydrogens (primary N) is 1. The standard InChI is InChI=1S/C14H29NO2/c1-11(2)6-4-5-7-12(3)8-13(10-15)9-14(16)17/h11-13H,4-10,15H2,1-3H3,(H,16,17)/t12?,13-/m0/s1. The summed E-state index contributed by atoms with van der Waals surface area (Å²) in [5.74, 6) is 0.796. The number of rotatable bonds is 10. The Morgan fingerprint density at radius 1 is 1.18 bits per heavy atom. The van der Waals surface area contributed by atoms with E-state index in [4.69, 9.17) is 10.8 Å². The van der Waals surface area contributed by atoms with Gasteiger partial charge in [-0.05, 0) is 30.7 Å². The summed E-state index contributed by atoms with van der Waals surface area (Å²) in [4.78, 5) is 10.6. The molecule has 0 aromatic carbocycles. The van der Waals surface area contributed by atoms with E-state index in [9.17, 15) is 4.79 Å². The lowest BCUT2D eigenvalue weighted by Crippen LogP contribution is -2.20. The number of hydrogen-bond acceptors (Lipinski definition) is 2. The number of carboxylic acid groups (broad SMARTS) is 1. The molecule has 0 heterocycles.